The maximum atomic E-state index is 12.9. The number of amides is 1. The normalized spacial score (nSPS) is 23.1. The van der Waals surface area contributed by atoms with E-state index in [1.807, 2.05) is 6.08 Å². The Hall–Kier alpha value is -1.37. The lowest BCUT2D eigenvalue weighted by Crippen LogP contribution is -2.60. The van der Waals surface area contributed by atoms with Crippen molar-refractivity contribution in [2.75, 3.05) is 13.2 Å². The maximum absolute atomic E-state index is 12.9. The van der Waals surface area contributed by atoms with E-state index in [1.54, 1.807) is 6.08 Å². The first-order valence-electron chi connectivity index (χ1n) is 20.2. The van der Waals surface area contributed by atoms with Gasteiger partial charge in [-0.05, 0) is 32.1 Å². The molecule has 0 bridgehead atoms. The lowest BCUT2D eigenvalue weighted by molar-refractivity contribution is -0.302. The zero-order valence-electron chi connectivity index (χ0n) is 31.5. The molecular weight excluding hydrogens is 638 g/mol. The molecule has 0 aromatic rings. The zero-order chi connectivity index (χ0) is 36.8. The molecule has 50 heavy (non-hydrogen) atoms. The number of nitrogens with one attached hydrogen (secondary N) is 1. The largest absolute Gasteiger partial charge is 0.394 e. The number of unbranched alkanes of at least 4 members (excludes halogenated alkanes) is 19. The van der Waals surface area contributed by atoms with E-state index in [0.29, 0.717) is 19.3 Å². The molecule has 1 aliphatic heterocycles. The second-order valence-corrected chi connectivity index (χ2v) is 14.2. The first kappa shape index (κ1) is 46.7. The third-order valence-corrected chi connectivity index (χ3v) is 9.64. The van der Waals surface area contributed by atoms with Crippen molar-refractivity contribution in [2.45, 2.75) is 210 Å². The van der Waals surface area contributed by atoms with Gasteiger partial charge in [-0.3, -0.25) is 4.79 Å². The Balaban J connectivity index is 2.54. The second kappa shape index (κ2) is 31.2. The average Bonchev–Trinajstić information content (AvgIpc) is 3.11. The Kier molecular flexibility index (Phi) is 29.1. The topological polar surface area (TPSA) is 169 Å². The molecule has 0 unspecified atom stereocenters. The molecule has 0 saturated carbocycles. The molecule has 1 rings (SSSR count). The van der Waals surface area contributed by atoms with Crippen molar-refractivity contribution in [3.8, 4) is 0 Å². The number of aliphatic hydroxyl groups excluding tert-OH is 6. The van der Waals surface area contributed by atoms with Crippen LogP contribution in [0.5, 0.6) is 0 Å². The van der Waals surface area contributed by atoms with Gasteiger partial charge in [0.2, 0.25) is 5.91 Å². The van der Waals surface area contributed by atoms with Gasteiger partial charge in [-0.25, -0.2) is 0 Å². The van der Waals surface area contributed by atoms with Gasteiger partial charge < -0.3 is 45.4 Å². The molecule has 1 fully saturated rings. The van der Waals surface area contributed by atoms with E-state index >= 15 is 0 Å². The number of carbonyl (C=O) groups excluding carboxylic acids is 1. The summed E-state index contributed by atoms with van der Waals surface area (Å²) in [6.07, 6.45) is 24.1. The van der Waals surface area contributed by atoms with E-state index < -0.39 is 61.5 Å². The van der Waals surface area contributed by atoms with E-state index in [9.17, 15) is 35.4 Å². The summed E-state index contributed by atoms with van der Waals surface area (Å²) in [7, 11) is 0. The van der Waals surface area contributed by atoms with Gasteiger partial charge in [0.05, 0.1) is 25.4 Å². The Morgan fingerprint density at radius 3 is 1.74 bits per heavy atom. The van der Waals surface area contributed by atoms with Gasteiger partial charge in [0.1, 0.15) is 30.5 Å². The third-order valence-electron chi connectivity index (χ3n) is 9.64. The van der Waals surface area contributed by atoms with Crippen molar-refractivity contribution in [3.63, 3.8) is 0 Å². The standard InChI is InChI=1S/C40H75NO9/c1-3-5-7-9-11-13-15-17-19-20-22-24-26-28-33(43)32(31-49-40-38(47)37(46)36(45)35(30-42)50-40)41-39(48)34(44)29-27-25-23-21-18-16-14-12-10-8-6-4-2/h19-20,26,28,32-38,40,42-47H,3-18,21-25,27,29-31H2,1-2H3,(H,41,48)/b20-19+,28-26-/t32-,33+,34-,35-,36-,37+,38-,40-/m1/s1. The number of allylic oxidation sites excluding steroid dienone is 3. The van der Waals surface area contributed by atoms with Crippen molar-refractivity contribution >= 4 is 5.91 Å². The quantitative estimate of drug-likeness (QED) is 0.0320. The summed E-state index contributed by atoms with van der Waals surface area (Å²) < 4.78 is 11.1. The Morgan fingerprint density at radius 2 is 1.18 bits per heavy atom. The van der Waals surface area contributed by atoms with Crippen LogP contribution in [0.1, 0.15) is 162 Å². The summed E-state index contributed by atoms with van der Waals surface area (Å²) >= 11 is 0. The van der Waals surface area contributed by atoms with Crippen LogP contribution in [-0.4, -0.2) is 98.7 Å². The SMILES string of the molecule is CCCCCCCCC/C=C/CC/C=C\[C@H](O)[C@@H](CO[C@@H]1O[C@H](CO)[C@@H](O)[C@H](O)[C@H]1O)NC(=O)[C@H](O)CCCCCCCCCCCCCC. The lowest BCUT2D eigenvalue weighted by Gasteiger charge is -2.40. The molecule has 0 radical (unpaired) electrons. The number of rotatable bonds is 32. The highest BCUT2D eigenvalue weighted by atomic mass is 16.7. The highest BCUT2D eigenvalue weighted by Gasteiger charge is 2.44. The fraction of sp³-hybridized carbons (Fsp3) is 0.875. The molecule has 1 saturated heterocycles. The summed E-state index contributed by atoms with van der Waals surface area (Å²) in [5.74, 6) is -0.628. The van der Waals surface area contributed by atoms with Gasteiger partial charge in [0.15, 0.2) is 6.29 Å². The van der Waals surface area contributed by atoms with Gasteiger partial charge in [-0.1, -0.05) is 154 Å². The monoisotopic (exact) mass is 714 g/mol. The summed E-state index contributed by atoms with van der Waals surface area (Å²) in [5, 5.41) is 64.3. The maximum Gasteiger partial charge on any atom is 0.249 e. The van der Waals surface area contributed by atoms with Crippen LogP contribution in [-0.2, 0) is 14.3 Å². The fourth-order valence-electron chi connectivity index (χ4n) is 6.24. The summed E-state index contributed by atoms with van der Waals surface area (Å²) in [6, 6.07) is -0.990. The van der Waals surface area contributed by atoms with E-state index in [1.165, 1.54) is 96.3 Å². The first-order chi connectivity index (χ1) is 24.3. The van der Waals surface area contributed by atoms with Crippen molar-refractivity contribution in [1.82, 2.24) is 5.32 Å². The number of aliphatic hydroxyl groups is 6. The summed E-state index contributed by atoms with van der Waals surface area (Å²) in [6.45, 7) is 3.54. The molecule has 294 valence electrons. The van der Waals surface area contributed by atoms with Crippen molar-refractivity contribution in [2.24, 2.45) is 0 Å². The molecule has 1 heterocycles. The minimum absolute atomic E-state index is 0.306. The summed E-state index contributed by atoms with van der Waals surface area (Å²) in [4.78, 5) is 12.9. The predicted molar refractivity (Wildman–Crippen MR) is 199 cm³/mol. The molecule has 0 aliphatic carbocycles. The molecule has 1 aliphatic rings. The van der Waals surface area contributed by atoms with Crippen molar-refractivity contribution < 1.29 is 44.9 Å². The molecule has 0 spiro atoms. The molecule has 10 nitrogen and oxygen atoms in total. The van der Waals surface area contributed by atoms with Crippen LogP contribution in [0.15, 0.2) is 24.3 Å². The molecular formula is C40H75NO9. The van der Waals surface area contributed by atoms with Gasteiger partial charge in [0, 0.05) is 0 Å². The number of carbonyl (C=O) groups is 1. The van der Waals surface area contributed by atoms with E-state index in [-0.39, 0.29) is 6.61 Å². The molecule has 0 aromatic heterocycles. The van der Waals surface area contributed by atoms with Crippen LogP contribution in [0.25, 0.3) is 0 Å². The van der Waals surface area contributed by atoms with Gasteiger partial charge >= 0.3 is 0 Å². The molecule has 10 heteroatoms. The second-order valence-electron chi connectivity index (χ2n) is 14.2. The van der Waals surface area contributed by atoms with Crippen LogP contribution >= 0.6 is 0 Å². The number of hydrogen-bond acceptors (Lipinski definition) is 9. The molecule has 7 N–H and O–H groups in total. The first-order valence-corrected chi connectivity index (χ1v) is 20.2. The lowest BCUT2D eigenvalue weighted by atomic mass is 9.99. The minimum Gasteiger partial charge on any atom is -0.394 e. The fourth-order valence-corrected chi connectivity index (χ4v) is 6.24. The molecule has 0 aromatic carbocycles. The van der Waals surface area contributed by atoms with E-state index in [4.69, 9.17) is 9.47 Å². The van der Waals surface area contributed by atoms with Crippen molar-refractivity contribution in [3.05, 3.63) is 24.3 Å². The minimum atomic E-state index is -1.61. The molecule has 1 amide bonds. The van der Waals surface area contributed by atoms with Crippen LogP contribution in [0.2, 0.25) is 0 Å². The third kappa shape index (κ3) is 21.9. The predicted octanol–water partition coefficient (Wildman–Crippen LogP) is 6.13. The Morgan fingerprint density at radius 1 is 0.680 bits per heavy atom. The van der Waals surface area contributed by atoms with Crippen LogP contribution in [0.3, 0.4) is 0 Å². The number of ether oxygens (including phenoxy) is 2. The summed E-state index contributed by atoms with van der Waals surface area (Å²) in [5.41, 5.74) is 0. The van der Waals surface area contributed by atoms with Crippen LogP contribution < -0.4 is 5.32 Å². The van der Waals surface area contributed by atoms with Gasteiger partial charge in [-0.2, -0.15) is 0 Å². The molecule has 8 atom stereocenters. The van der Waals surface area contributed by atoms with Gasteiger partial charge in [0.25, 0.3) is 0 Å². The van der Waals surface area contributed by atoms with Crippen LogP contribution in [0.4, 0.5) is 0 Å². The van der Waals surface area contributed by atoms with Crippen molar-refractivity contribution in [1.29, 1.82) is 0 Å². The highest BCUT2D eigenvalue weighted by molar-refractivity contribution is 5.80. The number of hydrogen-bond donors (Lipinski definition) is 7. The van der Waals surface area contributed by atoms with Gasteiger partial charge in [-0.15, -0.1) is 0 Å². The Labute approximate surface area is 303 Å². The smallest absolute Gasteiger partial charge is 0.249 e. The van der Waals surface area contributed by atoms with Crippen LogP contribution in [0, 0.1) is 0 Å². The zero-order valence-corrected chi connectivity index (χ0v) is 31.5. The van der Waals surface area contributed by atoms with E-state index in [0.717, 1.165) is 32.1 Å². The highest BCUT2D eigenvalue weighted by Crippen LogP contribution is 2.22. The average molecular weight is 714 g/mol. The van der Waals surface area contributed by atoms with E-state index in [2.05, 4.69) is 31.3 Å². The Bertz CT molecular complexity index is 855.